The lowest BCUT2D eigenvalue weighted by atomic mass is 10.7. The van der Waals surface area contributed by atoms with Gasteiger partial charge in [0.05, 0.1) is 5.03 Å². The van der Waals surface area contributed by atoms with Crippen molar-refractivity contribution in [2.24, 2.45) is 0 Å². The van der Waals surface area contributed by atoms with Crippen molar-refractivity contribution in [2.45, 2.75) is 16.5 Å². The molecule has 1 aromatic heterocycles. The van der Waals surface area contributed by atoms with Gasteiger partial charge < -0.3 is 0 Å². The molecule has 0 aromatic carbocycles. The van der Waals surface area contributed by atoms with Gasteiger partial charge in [0.2, 0.25) is 0 Å². The van der Waals surface area contributed by atoms with Crippen molar-refractivity contribution in [1.29, 1.82) is 0 Å². The van der Waals surface area contributed by atoms with E-state index in [1.807, 2.05) is 5.10 Å². The second-order valence-corrected chi connectivity index (χ2v) is 3.19. The van der Waals surface area contributed by atoms with Crippen LogP contribution in [0.1, 0.15) is 0 Å². The number of thioether (sulfide) groups is 1. The minimum atomic E-state index is -5.55. The zero-order valence-electron chi connectivity index (χ0n) is 5.90. The summed E-state index contributed by atoms with van der Waals surface area (Å²) in [6.07, 6.45) is -4.46. The van der Waals surface area contributed by atoms with E-state index in [4.69, 9.17) is 0 Å². The highest BCUT2D eigenvalue weighted by atomic mass is 32.2. The highest BCUT2D eigenvalue weighted by molar-refractivity contribution is 8.00. The SMILES string of the molecule is FC(F)(F)C(F)(F)Sc1ccn[nH]1. The lowest BCUT2D eigenvalue weighted by Crippen LogP contribution is -2.32. The zero-order valence-corrected chi connectivity index (χ0v) is 6.72. The minimum absolute atomic E-state index is 0.331. The first kappa shape index (κ1) is 10.3. The number of H-pyrrole nitrogens is 1. The van der Waals surface area contributed by atoms with Crippen molar-refractivity contribution in [3.05, 3.63) is 12.3 Å². The van der Waals surface area contributed by atoms with Crippen molar-refractivity contribution in [2.75, 3.05) is 0 Å². The fourth-order valence-electron chi connectivity index (χ4n) is 0.496. The lowest BCUT2D eigenvalue weighted by molar-refractivity contribution is -0.237. The number of aromatic amines is 1. The highest BCUT2D eigenvalue weighted by Crippen LogP contribution is 2.46. The van der Waals surface area contributed by atoms with Gasteiger partial charge in [-0.2, -0.15) is 27.1 Å². The van der Waals surface area contributed by atoms with E-state index in [1.54, 1.807) is 0 Å². The Labute approximate surface area is 73.5 Å². The van der Waals surface area contributed by atoms with E-state index in [1.165, 1.54) is 0 Å². The Morgan fingerprint density at radius 1 is 1.23 bits per heavy atom. The van der Waals surface area contributed by atoms with Gasteiger partial charge in [-0.15, -0.1) is 0 Å². The minimum Gasteiger partial charge on any atom is -0.272 e. The van der Waals surface area contributed by atoms with E-state index < -0.39 is 23.2 Å². The van der Waals surface area contributed by atoms with Crippen molar-refractivity contribution < 1.29 is 22.0 Å². The number of halogens is 5. The normalized spacial score (nSPS) is 13.3. The van der Waals surface area contributed by atoms with Crippen LogP contribution in [0, 0.1) is 0 Å². The largest absolute Gasteiger partial charge is 0.464 e. The molecule has 0 bridgehead atoms. The van der Waals surface area contributed by atoms with Crippen LogP contribution in [0.2, 0.25) is 0 Å². The predicted molar refractivity (Wildman–Crippen MR) is 35.4 cm³/mol. The van der Waals surface area contributed by atoms with Crippen molar-refractivity contribution in [1.82, 2.24) is 10.2 Å². The van der Waals surface area contributed by atoms with Gasteiger partial charge in [-0.25, -0.2) is 0 Å². The van der Waals surface area contributed by atoms with E-state index in [2.05, 4.69) is 5.10 Å². The summed E-state index contributed by atoms with van der Waals surface area (Å²) < 4.78 is 59.4. The molecule has 1 aromatic rings. The molecule has 13 heavy (non-hydrogen) atoms. The molecule has 1 rings (SSSR count). The molecule has 0 aliphatic heterocycles. The molecule has 1 heterocycles. The maximum absolute atomic E-state index is 12.3. The standard InChI is InChI=1S/C5H3F5N2S/c6-4(7,8)5(9,10)13-3-1-2-11-12-3/h1-2H,(H,11,12). The Bertz CT molecular complexity index is 267. The molecule has 0 radical (unpaired) electrons. The fourth-order valence-corrected chi connectivity index (χ4v) is 1.12. The van der Waals surface area contributed by atoms with E-state index in [0.29, 0.717) is 0 Å². The second-order valence-electron chi connectivity index (χ2n) is 2.04. The first-order valence-electron chi connectivity index (χ1n) is 2.96. The molecule has 0 aliphatic carbocycles. The zero-order chi connectivity index (χ0) is 10.1. The van der Waals surface area contributed by atoms with Crippen LogP contribution in [-0.2, 0) is 0 Å². The average Bonchev–Trinajstić information content (AvgIpc) is 2.35. The summed E-state index contributed by atoms with van der Waals surface area (Å²) >= 11 is -0.617. The van der Waals surface area contributed by atoms with E-state index >= 15 is 0 Å². The molecular formula is C5H3F5N2S. The first-order valence-corrected chi connectivity index (χ1v) is 3.77. The number of hydrogen-bond donors (Lipinski definition) is 1. The molecule has 0 aliphatic rings. The number of hydrogen-bond acceptors (Lipinski definition) is 2. The molecule has 0 unspecified atom stereocenters. The third-order valence-corrected chi connectivity index (χ3v) is 1.98. The number of nitrogens with zero attached hydrogens (tertiary/aromatic N) is 1. The smallest absolute Gasteiger partial charge is 0.272 e. The molecule has 0 fully saturated rings. The van der Waals surface area contributed by atoms with Gasteiger partial charge in [-0.05, 0) is 17.8 Å². The van der Waals surface area contributed by atoms with Gasteiger partial charge in [-0.1, -0.05) is 0 Å². The van der Waals surface area contributed by atoms with Crippen LogP contribution >= 0.6 is 11.8 Å². The summed E-state index contributed by atoms with van der Waals surface area (Å²) in [5.74, 6) is 0. The Balaban J connectivity index is 2.73. The molecule has 0 amide bonds. The summed E-state index contributed by atoms with van der Waals surface area (Å²) in [6.45, 7) is 0. The Hall–Kier alpha value is -0.790. The van der Waals surface area contributed by atoms with Gasteiger partial charge in [-0.3, -0.25) is 5.10 Å². The number of nitrogens with one attached hydrogen (secondary N) is 1. The molecular weight excluding hydrogens is 215 g/mol. The molecule has 2 nitrogen and oxygen atoms in total. The first-order chi connectivity index (χ1) is 5.83. The summed E-state index contributed by atoms with van der Waals surface area (Å²) in [6, 6.07) is 1.03. The van der Waals surface area contributed by atoms with E-state index in [9.17, 15) is 22.0 Å². The van der Waals surface area contributed by atoms with Crippen molar-refractivity contribution >= 4 is 11.8 Å². The van der Waals surface area contributed by atoms with E-state index in [-0.39, 0.29) is 5.03 Å². The van der Waals surface area contributed by atoms with Crippen LogP contribution in [0.25, 0.3) is 0 Å². The highest BCUT2D eigenvalue weighted by Gasteiger charge is 2.58. The summed E-state index contributed by atoms with van der Waals surface area (Å²) in [7, 11) is 0. The average molecular weight is 218 g/mol. The monoisotopic (exact) mass is 218 g/mol. The molecule has 1 N–H and O–H groups in total. The van der Waals surface area contributed by atoms with Crippen molar-refractivity contribution in [3.8, 4) is 0 Å². The Kier molecular flexibility index (Phi) is 2.51. The number of aromatic nitrogens is 2. The third kappa shape index (κ3) is 2.33. The van der Waals surface area contributed by atoms with Crippen LogP contribution in [0.15, 0.2) is 17.3 Å². The van der Waals surface area contributed by atoms with Crippen LogP contribution in [-0.4, -0.2) is 21.6 Å². The molecule has 0 saturated carbocycles. The third-order valence-electron chi connectivity index (χ3n) is 1.04. The van der Waals surface area contributed by atoms with Gasteiger partial charge in [0.15, 0.2) is 0 Å². The second kappa shape index (κ2) is 3.17. The van der Waals surface area contributed by atoms with Crippen LogP contribution < -0.4 is 0 Å². The summed E-state index contributed by atoms with van der Waals surface area (Å²) in [5, 5.41) is 0.117. The topological polar surface area (TPSA) is 28.7 Å². The van der Waals surface area contributed by atoms with Crippen molar-refractivity contribution in [3.63, 3.8) is 0 Å². The van der Waals surface area contributed by atoms with Crippen LogP contribution in [0.3, 0.4) is 0 Å². The molecule has 8 heteroatoms. The summed E-state index contributed by atoms with van der Waals surface area (Å²) in [5.41, 5.74) is 0. The Morgan fingerprint density at radius 2 is 1.85 bits per heavy atom. The van der Waals surface area contributed by atoms with Gasteiger partial charge in [0.25, 0.3) is 0 Å². The summed E-state index contributed by atoms with van der Waals surface area (Å²) in [4.78, 5) is 0. The molecule has 0 saturated heterocycles. The van der Waals surface area contributed by atoms with Gasteiger partial charge in [0, 0.05) is 6.20 Å². The lowest BCUT2D eigenvalue weighted by Gasteiger charge is -2.17. The predicted octanol–water partition coefficient (Wildman–Crippen LogP) is 2.66. The molecule has 0 spiro atoms. The van der Waals surface area contributed by atoms with Crippen LogP contribution in [0.5, 0.6) is 0 Å². The fraction of sp³-hybridized carbons (Fsp3) is 0.400. The quantitative estimate of drug-likeness (QED) is 0.610. The molecule has 0 atom stereocenters. The number of rotatable bonds is 2. The molecule has 74 valence electrons. The van der Waals surface area contributed by atoms with E-state index in [0.717, 1.165) is 12.3 Å². The van der Waals surface area contributed by atoms with Gasteiger partial charge in [0.1, 0.15) is 0 Å². The maximum atomic E-state index is 12.3. The Morgan fingerprint density at radius 3 is 2.23 bits per heavy atom. The maximum Gasteiger partial charge on any atom is 0.464 e. The van der Waals surface area contributed by atoms with Crippen LogP contribution in [0.4, 0.5) is 22.0 Å². The number of alkyl halides is 5. The van der Waals surface area contributed by atoms with Gasteiger partial charge >= 0.3 is 11.4 Å².